The molecule has 0 saturated carbocycles. The smallest absolute Gasteiger partial charge is 0.396 e. The van der Waals surface area contributed by atoms with E-state index in [0.29, 0.717) is 12.6 Å². The normalized spacial score (nSPS) is 12.3. The minimum Gasteiger partial charge on any atom is -0.396 e. The number of aliphatic hydroxyl groups is 1. The number of nitrogens with one attached hydrogen (secondary N) is 1. The maximum Gasteiger partial charge on any atom is 0.417 e. The lowest BCUT2D eigenvalue weighted by Gasteiger charge is -2.25. The van der Waals surface area contributed by atoms with Crippen LogP contribution in [0.1, 0.15) is 36.3 Å². The minimum absolute atomic E-state index is 0.0981. The van der Waals surface area contributed by atoms with Gasteiger partial charge in [0.05, 0.1) is 5.56 Å². The van der Waals surface area contributed by atoms with Gasteiger partial charge in [0.15, 0.2) is 0 Å². The Hall–Kier alpha value is -1.63. The molecular formula is C12H15F3N2O2. The molecule has 7 heteroatoms. The van der Waals surface area contributed by atoms with Crippen molar-refractivity contribution in [3.8, 4) is 0 Å². The van der Waals surface area contributed by atoms with Gasteiger partial charge in [0.25, 0.3) is 5.91 Å². The number of carbonyl (C=O) groups is 1. The molecule has 1 heterocycles. The molecule has 1 aromatic heterocycles. The van der Waals surface area contributed by atoms with Crippen LogP contribution in [0.4, 0.5) is 13.2 Å². The number of pyridine rings is 1. The number of aliphatic hydroxyl groups excluding tert-OH is 1. The highest BCUT2D eigenvalue weighted by molar-refractivity contribution is 5.92. The van der Waals surface area contributed by atoms with Gasteiger partial charge in [0.2, 0.25) is 0 Å². The van der Waals surface area contributed by atoms with E-state index in [0.717, 1.165) is 12.1 Å². The van der Waals surface area contributed by atoms with E-state index in [9.17, 15) is 18.0 Å². The molecule has 0 aliphatic carbocycles. The van der Waals surface area contributed by atoms with Crippen molar-refractivity contribution in [2.45, 2.75) is 32.0 Å². The third kappa shape index (κ3) is 4.51. The fourth-order valence-corrected chi connectivity index (χ4v) is 1.41. The lowest BCUT2D eigenvalue weighted by atomic mass is 10.0. The van der Waals surface area contributed by atoms with Crippen LogP contribution < -0.4 is 5.32 Å². The SMILES string of the molecule is CC(C)(CCO)NC(=O)c1ccc(C(F)(F)F)cn1. The van der Waals surface area contributed by atoms with Gasteiger partial charge in [-0.15, -0.1) is 0 Å². The number of rotatable bonds is 4. The Morgan fingerprint density at radius 3 is 2.42 bits per heavy atom. The Labute approximate surface area is 108 Å². The van der Waals surface area contributed by atoms with Gasteiger partial charge in [-0.2, -0.15) is 13.2 Å². The van der Waals surface area contributed by atoms with Crippen molar-refractivity contribution in [3.63, 3.8) is 0 Å². The Balaban J connectivity index is 2.79. The fraction of sp³-hybridized carbons (Fsp3) is 0.500. The topological polar surface area (TPSA) is 62.2 Å². The van der Waals surface area contributed by atoms with E-state index in [4.69, 9.17) is 5.11 Å². The van der Waals surface area contributed by atoms with E-state index < -0.39 is 23.2 Å². The van der Waals surface area contributed by atoms with Gasteiger partial charge < -0.3 is 10.4 Å². The maximum absolute atomic E-state index is 12.3. The summed E-state index contributed by atoms with van der Waals surface area (Å²) in [6.45, 7) is 3.30. The molecule has 0 spiro atoms. The standard InChI is InChI=1S/C12H15F3N2O2/c1-11(2,5-6-18)17-10(19)9-4-3-8(7-16-9)12(13,14)15/h3-4,7,18H,5-6H2,1-2H3,(H,17,19). The third-order valence-corrected chi connectivity index (χ3v) is 2.51. The first-order valence-corrected chi connectivity index (χ1v) is 5.62. The number of hydrogen-bond donors (Lipinski definition) is 2. The van der Waals surface area contributed by atoms with Crippen LogP contribution >= 0.6 is 0 Å². The zero-order valence-electron chi connectivity index (χ0n) is 10.6. The van der Waals surface area contributed by atoms with E-state index in [1.807, 2.05) is 0 Å². The maximum atomic E-state index is 12.3. The molecule has 0 aliphatic heterocycles. The van der Waals surface area contributed by atoms with Crippen molar-refractivity contribution in [2.75, 3.05) is 6.61 Å². The monoisotopic (exact) mass is 276 g/mol. The number of halogens is 3. The lowest BCUT2D eigenvalue weighted by molar-refractivity contribution is -0.137. The summed E-state index contributed by atoms with van der Waals surface area (Å²) in [5, 5.41) is 11.4. The summed E-state index contributed by atoms with van der Waals surface area (Å²) in [4.78, 5) is 15.3. The minimum atomic E-state index is -4.47. The molecule has 0 unspecified atom stereocenters. The Bertz CT molecular complexity index is 441. The summed E-state index contributed by atoms with van der Waals surface area (Å²) in [6.07, 6.45) is -3.52. The van der Waals surface area contributed by atoms with Gasteiger partial charge >= 0.3 is 6.18 Å². The van der Waals surface area contributed by atoms with Crippen LogP contribution in [0.3, 0.4) is 0 Å². The van der Waals surface area contributed by atoms with Crippen LogP contribution in [-0.2, 0) is 6.18 Å². The van der Waals surface area contributed by atoms with Crippen molar-refractivity contribution in [1.82, 2.24) is 10.3 Å². The zero-order chi connectivity index (χ0) is 14.7. The predicted molar refractivity (Wildman–Crippen MR) is 62.5 cm³/mol. The summed E-state index contributed by atoms with van der Waals surface area (Å²) in [6, 6.07) is 1.83. The molecule has 0 radical (unpaired) electrons. The quantitative estimate of drug-likeness (QED) is 0.884. The number of nitrogens with zero attached hydrogens (tertiary/aromatic N) is 1. The van der Waals surface area contributed by atoms with Crippen LogP contribution in [0.25, 0.3) is 0 Å². The Morgan fingerprint density at radius 2 is 2.00 bits per heavy atom. The molecule has 0 aliphatic rings. The molecule has 0 atom stereocenters. The van der Waals surface area contributed by atoms with Crippen molar-refractivity contribution in [3.05, 3.63) is 29.6 Å². The summed E-state index contributed by atoms with van der Waals surface area (Å²) in [5.74, 6) is -0.577. The van der Waals surface area contributed by atoms with Crippen LogP contribution in [0.2, 0.25) is 0 Å². The highest BCUT2D eigenvalue weighted by Crippen LogP contribution is 2.28. The predicted octanol–water partition coefficient (Wildman–Crippen LogP) is 1.99. The lowest BCUT2D eigenvalue weighted by Crippen LogP contribution is -2.44. The molecule has 106 valence electrons. The number of aromatic nitrogens is 1. The first kappa shape index (κ1) is 15.4. The van der Waals surface area contributed by atoms with Gasteiger partial charge in [0, 0.05) is 18.3 Å². The van der Waals surface area contributed by atoms with E-state index in [2.05, 4.69) is 10.3 Å². The number of amides is 1. The van der Waals surface area contributed by atoms with Crippen LogP contribution in [0.5, 0.6) is 0 Å². The van der Waals surface area contributed by atoms with Crippen molar-refractivity contribution < 1.29 is 23.1 Å². The summed E-state index contributed by atoms with van der Waals surface area (Å²) < 4.78 is 37.0. The number of alkyl halides is 3. The van der Waals surface area contributed by atoms with E-state index in [1.165, 1.54) is 0 Å². The van der Waals surface area contributed by atoms with Gasteiger partial charge in [0.1, 0.15) is 5.69 Å². The number of carbonyl (C=O) groups excluding carboxylic acids is 1. The highest BCUT2D eigenvalue weighted by atomic mass is 19.4. The molecule has 1 amide bonds. The fourth-order valence-electron chi connectivity index (χ4n) is 1.41. The molecule has 1 rings (SSSR count). The van der Waals surface area contributed by atoms with Crippen LogP contribution in [-0.4, -0.2) is 28.1 Å². The second-order valence-electron chi connectivity index (χ2n) is 4.74. The van der Waals surface area contributed by atoms with Crippen LogP contribution in [0, 0.1) is 0 Å². The Kier molecular flexibility index (Phi) is 4.52. The van der Waals surface area contributed by atoms with Crippen LogP contribution in [0.15, 0.2) is 18.3 Å². The van der Waals surface area contributed by atoms with Gasteiger partial charge in [-0.3, -0.25) is 9.78 Å². The molecule has 4 nitrogen and oxygen atoms in total. The first-order valence-electron chi connectivity index (χ1n) is 5.62. The van der Waals surface area contributed by atoms with E-state index in [1.54, 1.807) is 13.8 Å². The Morgan fingerprint density at radius 1 is 1.37 bits per heavy atom. The molecule has 2 N–H and O–H groups in total. The van der Waals surface area contributed by atoms with Gasteiger partial charge in [-0.1, -0.05) is 0 Å². The average molecular weight is 276 g/mol. The van der Waals surface area contributed by atoms with Crippen molar-refractivity contribution in [1.29, 1.82) is 0 Å². The molecule has 19 heavy (non-hydrogen) atoms. The largest absolute Gasteiger partial charge is 0.417 e. The van der Waals surface area contributed by atoms with Crippen molar-refractivity contribution >= 4 is 5.91 Å². The molecule has 0 saturated heterocycles. The van der Waals surface area contributed by atoms with E-state index >= 15 is 0 Å². The molecule has 0 aromatic carbocycles. The van der Waals surface area contributed by atoms with Gasteiger partial charge in [-0.25, -0.2) is 0 Å². The molecule has 0 bridgehead atoms. The third-order valence-electron chi connectivity index (χ3n) is 2.51. The second kappa shape index (κ2) is 5.56. The number of hydrogen-bond acceptors (Lipinski definition) is 3. The summed E-state index contributed by atoms with van der Waals surface area (Å²) in [5.41, 5.74) is -1.66. The average Bonchev–Trinajstić information content (AvgIpc) is 2.27. The molecular weight excluding hydrogens is 261 g/mol. The second-order valence-corrected chi connectivity index (χ2v) is 4.74. The van der Waals surface area contributed by atoms with Crippen molar-refractivity contribution in [2.24, 2.45) is 0 Å². The first-order chi connectivity index (χ1) is 8.65. The zero-order valence-corrected chi connectivity index (χ0v) is 10.6. The molecule has 0 fully saturated rings. The molecule has 1 aromatic rings. The highest BCUT2D eigenvalue weighted by Gasteiger charge is 2.31. The summed E-state index contributed by atoms with van der Waals surface area (Å²) >= 11 is 0. The van der Waals surface area contributed by atoms with Gasteiger partial charge in [-0.05, 0) is 32.4 Å². The summed E-state index contributed by atoms with van der Waals surface area (Å²) in [7, 11) is 0. The van der Waals surface area contributed by atoms with E-state index in [-0.39, 0.29) is 12.3 Å².